The second-order valence-electron chi connectivity index (χ2n) is 8.65. The van der Waals surface area contributed by atoms with Crippen LogP contribution in [0, 0.1) is 5.82 Å². The van der Waals surface area contributed by atoms with Gasteiger partial charge in [-0.25, -0.2) is 8.60 Å². The lowest BCUT2D eigenvalue weighted by atomic mass is 10.1. The third-order valence-electron chi connectivity index (χ3n) is 6.13. The summed E-state index contributed by atoms with van der Waals surface area (Å²) in [5.41, 5.74) is 3.23. The standard InChI is InChI=1S/C27H32FN3O3S/c28-23-9-2-1-7-21(23)13-16-29-14-11-19-5-3-6-20(17-19)12-15-30-18-25(32)22-8-4-10-24-26(22)35(34)27(33)31-24/h1-10,17,25,27,29-33H,11-16,18H2/t25-,27?,35?/m0/s1. The van der Waals surface area contributed by atoms with Crippen LogP contribution in [0.4, 0.5) is 10.1 Å². The van der Waals surface area contributed by atoms with Crippen LogP contribution in [-0.2, 0) is 30.1 Å². The normalized spacial score (nSPS) is 17.7. The Morgan fingerprint density at radius 3 is 2.37 bits per heavy atom. The molecule has 0 fully saturated rings. The number of hydrogen-bond acceptors (Lipinski definition) is 6. The Morgan fingerprint density at radius 2 is 1.60 bits per heavy atom. The topological polar surface area (TPSA) is 93.6 Å². The molecule has 186 valence electrons. The number of rotatable bonds is 12. The van der Waals surface area contributed by atoms with Crippen LogP contribution >= 0.6 is 0 Å². The summed E-state index contributed by atoms with van der Waals surface area (Å²) in [5, 5.41) is 29.9. The Kier molecular flexibility index (Phi) is 9.01. The molecule has 1 aliphatic rings. The summed E-state index contributed by atoms with van der Waals surface area (Å²) in [4.78, 5) is 0.476. The lowest BCUT2D eigenvalue weighted by Gasteiger charge is -2.15. The minimum Gasteiger partial charge on any atom is -0.387 e. The van der Waals surface area contributed by atoms with Crippen molar-refractivity contribution in [2.24, 2.45) is 0 Å². The summed E-state index contributed by atoms with van der Waals surface area (Å²) in [7, 11) is -1.60. The van der Waals surface area contributed by atoms with Gasteiger partial charge >= 0.3 is 0 Å². The molecule has 0 radical (unpaired) electrons. The SMILES string of the molecule is O=S1c2c(cccc2[C@@H](O)CNCCc2cccc(CCNCCc3ccccc3F)c2)NC1O. The van der Waals surface area contributed by atoms with Gasteiger partial charge in [0.1, 0.15) is 16.6 Å². The van der Waals surface area contributed by atoms with Gasteiger partial charge in [0.25, 0.3) is 0 Å². The summed E-state index contributed by atoms with van der Waals surface area (Å²) >= 11 is 0. The largest absolute Gasteiger partial charge is 0.387 e. The van der Waals surface area contributed by atoms with Crippen molar-refractivity contribution in [2.75, 3.05) is 31.5 Å². The third-order valence-corrected chi connectivity index (χ3v) is 7.51. The lowest BCUT2D eigenvalue weighted by molar-refractivity contribution is 0.172. The van der Waals surface area contributed by atoms with Gasteiger partial charge in [0.2, 0.25) is 5.56 Å². The van der Waals surface area contributed by atoms with Crippen molar-refractivity contribution < 1.29 is 18.8 Å². The highest BCUT2D eigenvalue weighted by Gasteiger charge is 2.31. The predicted molar refractivity (Wildman–Crippen MR) is 137 cm³/mol. The van der Waals surface area contributed by atoms with Crippen molar-refractivity contribution in [3.63, 3.8) is 0 Å². The number of nitrogens with one attached hydrogen (secondary N) is 3. The highest BCUT2D eigenvalue weighted by atomic mass is 32.2. The monoisotopic (exact) mass is 497 g/mol. The molecular weight excluding hydrogens is 465 g/mol. The zero-order chi connectivity index (χ0) is 24.6. The Balaban J connectivity index is 1.18. The summed E-state index contributed by atoms with van der Waals surface area (Å²) in [6, 6.07) is 20.6. The van der Waals surface area contributed by atoms with Crippen LogP contribution in [0.2, 0.25) is 0 Å². The van der Waals surface area contributed by atoms with Gasteiger partial charge in [0.15, 0.2) is 0 Å². The fourth-order valence-corrected chi connectivity index (χ4v) is 5.50. The van der Waals surface area contributed by atoms with Crippen molar-refractivity contribution >= 4 is 16.5 Å². The van der Waals surface area contributed by atoms with Gasteiger partial charge in [-0.2, -0.15) is 0 Å². The Bertz CT molecular complexity index is 1160. The molecular formula is C27H32FN3O3S. The quantitative estimate of drug-likeness (QED) is 0.247. The van der Waals surface area contributed by atoms with Gasteiger partial charge in [-0.05, 0) is 67.7 Å². The van der Waals surface area contributed by atoms with E-state index in [4.69, 9.17) is 0 Å². The van der Waals surface area contributed by atoms with Crippen LogP contribution in [0.5, 0.6) is 0 Å². The third kappa shape index (κ3) is 6.74. The fraction of sp³-hybridized carbons (Fsp3) is 0.333. The molecule has 1 heterocycles. The van der Waals surface area contributed by atoms with E-state index in [1.54, 1.807) is 24.3 Å². The first kappa shape index (κ1) is 25.5. The van der Waals surface area contributed by atoms with Gasteiger partial charge in [-0.1, -0.05) is 54.6 Å². The molecule has 2 unspecified atom stereocenters. The summed E-state index contributed by atoms with van der Waals surface area (Å²) in [6.07, 6.45) is 1.57. The van der Waals surface area contributed by atoms with E-state index in [1.807, 2.05) is 12.1 Å². The Morgan fingerprint density at radius 1 is 0.914 bits per heavy atom. The molecule has 0 aromatic heterocycles. The van der Waals surface area contributed by atoms with E-state index in [0.717, 1.165) is 31.5 Å². The number of aliphatic hydroxyl groups is 2. The van der Waals surface area contributed by atoms with Crippen molar-refractivity contribution in [3.05, 3.63) is 94.8 Å². The van der Waals surface area contributed by atoms with Crippen LogP contribution in [0.3, 0.4) is 0 Å². The number of fused-ring (bicyclic) bond motifs is 1. The summed E-state index contributed by atoms with van der Waals surface area (Å²) < 4.78 is 26.0. The number of halogens is 1. The Hall–Kier alpha value is -2.62. The fourth-order valence-electron chi connectivity index (χ4n) is 4.26. The second-order valence-corrected chi connectivity index (χ2v) is 10.1. The molecule has 3 aromatic rings. The average Bonchev–Trinajstić information content (AvgIpc) is 3.16. The number of hydrogen-bond donors (Lipinski definition) is 5. The van der Waals surface area contributed by atoms with Crippen LogP contribution < -0.4 is 16.0 Å². The molecule has 8 heteroatoms. The van der Waals surface area contributed by atoms with Crippen LogP contribution in [0.1, 0.15) is 28.4 Å². The van der Waals surface area contributed by atoms with E-state index >= 15 is 0 Å². The average molecular weight is 498 g/mol. The molecule has 4 rings (SSSR count). The maximum atomic E-state index is 13.7. The molecule has 3 atom stereocenters. The van der Waals surface area contributed by atoms with E-state index in [2.05, 4.69) is 40.2 Å². The van der Waals surface area contributed by atoms with Crippen molar-refractivity contribution in [1.29, 1.82) is 0 Å². The summed E-state index contributed by atoms with van der Waals surface area (Å²) in [6.45, 7) is 2.59. The van der Waals surface area contributed by atoms with Crippen LogP contribution in [-0.4, -0.2) is 46.2 Å². The van der Waals surface area contributed by atoms with Gasteiger partial charge in [0, 0.05) is 12.1 Å². The lowest BCUT2D eigenvalue weighted by Crippen LogP contribution is -2.24. The van der Waals surface area contributed by atoms with Crippen molar-refractivity contribution in [1.82, 2.24) is 10.6 Å². The smallest absolute Gasteiger partial charge is 0.207 e. The van der Waals surface area contributed by atoms with E-state index in [-0.39, 0.29) is 5.82 Å². The maximum Gasteiger partial charge on any atom is 0.207 e. The zero-order valence-corrected chi connectivity index (χ0v) is 20.4. The highest BCUT2D eigenvalue weighted by Crippen LogP contribution is 2.34. The molecule has 0 spiro atoms. The molecule has 3 aromatic carbocycles. The molecule has 6 nitrogen and oxygen atoms in total. The molecule has 0 saturated heterocycles. The number of anilines is 1. The first-order valence-corrected chi connectivity index (χ1v) is 13.1. The van der Waals surface area contributed by atoms with Gasteiger partial charge in [0.05, 0.1) is 16.7 Å². The highest BCUT2D eigenvalue weighted by molar-refractivity contribution is 7.86. The second kappa shape index (κ2) is 12.4. The molecule has 35 heavy (non-hydrogen) atoms. The van der Waals surface area contributed by atoms with Crippen LogP contribution in [0.15, 0.2) is 71.6 Å². The first-order valence-electron chi connectivity index (χ1n) is 11.9. The number of aliphatic hydroxyl groups excluding tert-OH is 2. The van der Waals surface area contributed by atoms with Crippen LogP contribution in [0.25, 0.3) is 0 Å². The minimum absolute atomic E-state index is 0.151. The molecule has 0 saturated carbocycles. The van der Waals surface area contributed by atoms with E-state index in [9.17, 15) is 18.8 Å². The first-order chi connectivity index (χ1) is 17.0. The molecule has 1 aliphatic heterocycles. The maximum absolute atomic E-state index is 13.7. The van der Waals surface area contributed by atoms with Gasteiger partial charge in [-0.3, -0.25) is 0 Å². The molecule has 5 N–H and O–H groups in total. The van der Waals surface area contributed by atoms with Gasteiger partial charge in [-0.15, -0.1) is 0 Å². The molecule has 0 amide bonds. The van der Waals surface area contributed by atoms with E-state index < -0.39 is 22.5 Å². The molecule has 0 aliphatic carbocycles. The molecule has 0 bridgehead atoms. The zero-order valence-electron chi connectivity index (χ0n) is 19.5. The minimum atomic E-state index is -1.60. The Labute approximate surface area is 208 Å². The predicted octanol–water partition coefficient (Wildman–Crippen LogP) is 2.88. The summed E-state index contributed by atoms with van der Waals surface area (Å²) in [5.74, 6) is -0.151. The van der Waals surface area contributed by atoms with E-state index in [0.29, 0.717) is 35.7 Å². The van der Waals surface area contributed by atoms with Gasteiger partial charge < -0.3 is 26.2 Å². The number of benzene rings is 3. The van der Waals surface area contributed by atoms with Crippen molar-refractivity contribution in [3.8, 4) is 0 Å². The van der Waals surface area contributed by atoms with Crippen molar-refractivity contribution in [2.45, 2.75) is 35.8 Å². The van der Waals surface area contributed by atoms with E-state index in [1.165, 1.54) is 17.2 Å².